The SMILES string of the molecule is [H+].[H+].[NH4+].[NH4+].[O]=[Mo](=[O])([O-])[O-].[O]=[Mo](=[O])([O-])[O-]. The first kappa shape index (κ1) is 22.8. The molecule has 0 atom stereocenters. The Morgan fingerprint density at radius 3 is 0.667 bits per heavy atom. The van der Waals surface area contributed by atoms with E-state index >= 15 is 0 Å². The molecule has 0 amide bonds. The van der Waals surface area contributed by atoms with E-state index in [1.165, 1.54) is 0 Å². The van der Waals surface area contributed by atoms with Gasteiger partial charge in [0.05, 0.1) is 0 Å². The van der Waals surface area contributed by atoms with Crippen molar-refractivity contribution < 1.29 is 65.0 Å². The van der Waals surface area contributed by atoms with Crippen LogP contribution < -0.4 is 27.3 Å². The summed E-state index contributed by atoms with van der Waals surface area (Å²) < 4.78 is 69.0. The molecule has 0 unspecified atom stereocenters. The Labute approximate surface area is 77.4 Å². The van der Waals surface area contributed by atoms with Crippen molar-refractivity contribution in [3.8, 4) is 0 Å². The Hall–Kier alpha value is 0.337. The molecule has 0 aromatic carbocycles. The summed E-state index contributed by atoms with van der Waals surface area (Å²) in [5.41, 5.74) is 0. The molecule has 12 heavy (non-hydrogen) atoms. The van der Waals surface area contributed by atoms with E-state index in [4.69, 9.17) is 28.6 Å². The summed E-state index contributed by atoms with van der Waals surface area (Å²) in [5.74, 6) is 0. The van der Waals surface area contributed by atoms with Crippen LogP contribution in [0.5, 0.6) is 0 Å². The molecule has 0 bridgehead atoms. The molecule has 0 saturated carbocycles. The van der Waals surface area contributed by atoms with E-state index in [0.717, 1.165) is 0 Å². The number of quaternary nitrogens is 2. The molecular formula is H10Mo2N2O8. The Bertz CT molecular complexity index is 220. The fourth-order valence-corrected chi connectivity index (χ4v) is 0. The van der Waals surface area contributed by atoms with Gasteiger partial charge in [-0.15, -0.1) is 0 Å². The van der Waals surface area contributed by atoms with E-state index in [1.807, 2.05) is 0 Å². The van der Waals surface area contributed by atoms with E-state index in [1.54, 1.807) is 0 Å². The van der Waals surface area contributed by atoms with Gasteiger partial charge in [-0.2, -0.15) is 0 Å². The molecule has 0 saturated heterocycles. The molecule has 0 aliphatic carbocycles. The van der Waals surface area contributed by atoms with Crippen LogP contribution in [0.2, 0.25) is 0 Å². The van der Waals surface area contributed by atoms with Crippen LogP contribution in [0.4, 0.5) is 0 Å². The zero-order chi connectivity index (χ0) is 9.00. The molecule has 0 fully saturated rings. The summed E-state index contributed by atoms with van der Waals surface area (Å²) in [5, 5.41) is 0. The predicted octanol–water partition coefficient (Wildman–Crippen LogP) is -4.26. The van der Waals surface area contributed by atoms with E-state index in [0.29, 0.717) is 0 Å². The van der Waals surface area contributed by atoms with Crippen LogP contribution in [0, 0.1) is 0 Å². The number of hydrogen-bond donors (Lipinski definition) is 2. The Morgan fingerprint density at radius 2 is 0.667 bits per heavy atom. The van der Waals surface area contributed by atoms with E-state index in [2.05, 4.69) is 0 Å². The summed E-state index contributed by atoms with van der Waals surface area (Å²) >= 11 is -12.0. The van der Waals surface area contributed by atoms with Gasteiger partial charge in [-0.25, -0.2) is 0 Å². The third kappa shape index (κ3) is 7950. The first-order chi connectivity index (χ1) is 4.00. The van der Waals surface area contributed by atoms with E-state index < -0.39 is 33.5 Å². The number of rotatable bonds is 0. The average Bonchev–Trinajstić information content (AvgIpc) is 1.12. The fourth-order valence-electron chi connectivity index (χ4n) is 0. The molecule has 0 spiro atoms. The Kier molecular flexibility index (Phi) is 15.1. The van der Waals surface area contributed by atoms with Gasteiger partial charge in [-0.05, 0) is 0 Å². The third-order valence-electron chi connectivity index (χ3n) is 0. The molecule has 0 radical (unpaired) electrons. The van der Waals surface area contributed by atoms with Crippen LogP contribution in [0.25, 0.3) is 0 Å². The Balaban J connectivity index is -0.0000000178. The first-order valence-electron chi connectivity index (χ1n) is 1.33. The average molecular weight is 358 g/mol. The predicted molar refractivity (Wildman–Crippen MR) is 16.9 cm³/mol. The van der Waals surface area contributed by atoms with Gasteiger partial charge in [0, 0.05) is 0 Å². The van der Waals surface area contributed by atoms with Crippen LogP contribution in [-0.2, 0) is 47.1 Å². The topological polar surface area (TPSA) is 234 Å². The molecule has 8 N–H and O–H groups in total. The summed E-state index contributed by atoms with van der Waals surface area (Å²) in [4.78, 5) is 0. The van der Waals surface area contributed by atoms with Gasteiger partial charge in [0.25, 0.3) is 0 Å². The molecule has 0 aromatic heterocycles. The van der Waals surface area contributed by atoms with E-state index in [-0.39, 0.29) is 15.2 Å². The van der Waals surface area contributed by atoms with Crippen molar-refractivity contribution in [3.63, 3.8) is 0 Å². The second-order valence-electron chi connectivity index (χ2n) is 0.816. The Morgan fingerprint density at radius 1 is 0.667 bits per heavy atom. The monoisotopic (exact) mass is 362 g/mol. The number of hydrogen-bond acceptors (Lipinski definition) is 8. The minimum atomic E-state index is -6.02. The summed E-state index contributed by atoms with van der Waals surface area (Å²) in [6, 6.07) is 0. The van der Waals surface area contributed by atoms with Crippen molar-refractivity contribution in [1.82, 2.24) is 12.3 Å². The quantitative estimate of drug-likeness (QED) is 0.401. The van der Waals surface area contributed by atoms with Crippen molar-refractivity contribution in [2.45, 2.75) is 0 Å². The molecule has 10 nitrogen and oxygen atoms in total. The van der Waals surface area contributed by atoms with Crippen LogP contribution >= 0.6 is 0 Å². The molecule has 80 valence electrons. The van der Waals surface area contributed by atoms with Crippen molar-refractivity contribution in [2.75, 3.05) is 0 Å². The van der Waals surface area contributed by atoms with Crippen LogP contribution in [0.3, 0.4) is 0 Å². The van der Waals surface area contributed by atoms with Crippen LogP contribution in [0.15, 0.2) is 0 Å². The molecular weight excluding hydrogens is 348 g/mol. The van der Waals surface area contributed by atoms with Gasteiger partial charge in [-0.3, -0.25) is 0 Å². The standard InChI is InChI=1S/2Mo.2H3N.8O/h;;2*1H3;;;;;;;;/q;;;;;;;;4*-1/p+4. The van der Waals surface area contributed by atoms with Gasteiger partial charge < -0.3 is 12.3 Å². The maximum absolute atomic E-state index is 8.63. The minimum absolute atomic E-state index is 0. The van der Waals surface area contributed by atoms with E-state index in [9.17, 15) is 0 Å². The molecule has 0 aromatic rings. The van der Waals surface area contributed by atoms with Gasteiger partial charge >= 0.3 is 65.0 Å². The zero-order valence-corrected chi connectivity index (χ0v) is 10.1. The van der Waals surface area contributed by atoms with Crippen molar-refractivity contribution in [1.29, 1.82) is 0 Å². The summed E-state index contributed by atoms with van der Waals surface area (Å²) in [6.45, 7) is 0. The zero-order valence-electron chi connectivity index (χ0n) is 8.08. The van der Waals surface area contributed by atoms with Gasteiger partial charge in [0.1, 0.15) is 0 Å². The summed E-state index contributed by atoms with van der Waals surface area (Å²) in [6.07, 6.45) is 0. The second-order valence-corrected chi connectivity index (χ2v) is 4.83. The van der Waals surface area contributed by atoms with Gasteiger partial charge in [0.15, 0.2) is 0 Å². The fraction of sp³-hybridized carbons (Fsp3) is 0. The van der Waals surface area contributed by atoms with Gasteiger partial charge in [-0.1, -0.05) is 0 Å². The van der Waals surface area contributed by atoms with Crippen molar-refractivity contribution >= 4 is 0 Å². The first-order valence-corrected chi connectivity index (χ1v) is 7.89. The van der Waals surface area contributed by atoms with Crippen LogP contribution in [0.1, 0.15) is 2.85 Å². The molecule has 12 heteroatoms. The van der Waals surface area contributed by atoms with Gasteiger partial charge in [0.2, 0.25) is 0 Å². The third-order valence-corrected chi connectivity index (χ3v) is 0. The maximum atomic E-state index is 8.63. The molecule has 0 rings (SSSR count). The van der Waals surface area contributed by atoms with Crippen molar-refractivity contribution in [2.24, 2.45) is 0 Å². The molecule has 0 aliphatic heterocycles. The molecule has 0 heterocycles. The normalized spacial score (nSPS) is 9.67. The second kappa shape index (κ2) is 7.96. The van der Waals surface area contributed by atoms with Crippen molar-refractivity contribution in [3.05, 3.63) is 0 Å². The van der Waals surface area contributed by atoms with Crippen LogP contribution in [-0.4, -0.2) is 0 Å². The molecule has 0 aliphatic rings. The summed E-state index contributed by atoms with van der Waals surface area (Å²) in [7, 11) is 0.